The number of quaternary nitrogens is 1. The Labute approximate surface area is 174 Å². The monoisotopic (exact) mass is 417 g/mol. The lowest BCUT2D eigenvalue weighted by Gasteiger charge is -2.38. The minimum Gasteiger partial charge on any atom is -0.360 e. The van der Waals surface area contributed by atoms with Crippen molar-refractivity contribution in [1.82, 2.24) is 20.2 Å². The van der Waals surface area contributed by atoms with Crippen molar-refractivity contribution in [2.24, 2.45) is 5.92 Å². The van der Waals surface area contributed by atoms with Gasteiger partial charge in [-0.15, -0.1) is 16.4 Å². The second kappa shape index (κ2) is 8.59. The van der Waals surface area contributed by atoms with Gasteiger partial charge in [-0.1, -0.05) is 37.6 Å². The number of anilines is 1. The Kier molecular flexibility index (Phi) is 5.94. The summed E-state index contributed by atoms with van der Waals surface area (Å²) in [4.78, 5) is 5.24. The molecule has 3 aromatic rings. The number of piperazine rings is 1. The molecule has 1 atom stereocenters. The quantitative estimate of drug-likeness (QED) is 0.669. The van der Waals surface area contributed by atoms with Crippen molar-refractivity contribution in [3.63, 3.8) is 0 Å². The zero-order valence-electron chi connectivity index (χ0n) is 16.3. The van der Waals surface area contributed by atoms with Gasteiger partial charge in [0.15, 0.2) is 6.04 Å². The second-order valence-electron chi connectivity index (χ2n) is 7.62. The molecule has 1 N–H and O–H groups in total. The SMILES string of the molecule is CC(C)[C@@H](c1nnnn1Cc1cccs1)[NH+]1CCN(c2cccc(Cl)c2)CC1. The van der Waals surface area contributed by atoms with Gasteiger partial charge in [-0.05, 0) is 40.1 Å². The summed E-state index contributed by atoms with van der Waals surface area (Å²) in [6, 6.07) is 12.6. The molecule has 4 rings (SSSR count). The van der Waals surface area contributed by atoms with Gasteiger partial charge in [-0.25, -0.2) is 4.68 Å². The summed E-state index contributed by atoms with van der Waals surface area (Å²) in [5.41, 5.74) is 1.20. The molecule has 0 radical (unpaired) electrons. The maximum absolute atomic E-state index is 6.17. The standard InChI is InChI=1S/C20H25ClN6S/c1-15(2)19(20-22-23-24-27(20)14-18-7-4-12-28-18)26-10-8-25(9-11-26)17-6-3-5-16(21)13-17/h3-7,12-13,15,19H,8-11,14H2,1-2H3/p+1/t19-/m0/s1. The van der Waals surface area contributed by atoms with Gasteiger partial charge in [0.2, 0.25) is 5.82 Å². The van der Waals surface area contributed by atoms with Gasteiger partial charge in [0, 0.05) is 21.5 Å². The Balaban J connectivity index is 1.49. The number of benzene rings is 1. The van der Waals surface area contributed by atoms with Crippen molar-refractivity contribution in [3.05, 3.63) is 57.5 Å². The van der Waals surface area contributed by atoms with Gasteiger partial charge in [-0.2, -0.15) is 0 Å². The molecular formula is C20H26ClN6S+. The fourth-order valence-corrected chi connectivity index (χ4v) is 4.96. The molecule has 1 fully saturated rings. The van der Waals surface area contributed by atoms with Crippen molar-refractivity contribution < 1.29 is 4.90 Å². The number of thiophene rings is 1. The molecule has 0 unspecified atom stereocenters. The zero-order valence-corrected chi connectivity index (χ0v) is 17.8. The Bertz CT molecular complexity index is 886. The normalized spacial score (nSPS) is 16.6. The van der Waals surface area contributed by atoms with Gasteiger partial charge in [-0.3, -0.25) is 0 Å². The molecule has 0 bridgehead atoms. The van der Waals surface area contributed by atoms with Gasteiger partial charge >= 0.3 is 0 Å². The van der Waals surface area contributed by atoms with Gasteiger partial charge in [0.1, 0.15) is 0 Å². The van der Waals surface area contributed by atoms with Crippen LogP contribution in [0.4, 0.5) is 5.69 Å². The maximum atomic E-state index is 6.17. The van der Waals surface area contributed by atoms with Crippen LogP contribution in [0.25, 0.3) is 0 Å². The summed E-state index contributed by atoms with van der Waals surface area (Å²) >= 11 is 7.92. The molecule has 0 saturated carbocycles. The highest BCUT2D eigenvalue weighted by atomic mass is 35.5. The number of halogens is 1. The average molecular weight is 418 g/mol. The minimum absolute atomic E-state index is 0.288. The van der Waals surface area contributed by atoms with E-state index in [1.807, 2.05) is 22.9 Å². The molecule has 0 aliphatic carbocycles. The van der Waals surface area contributed by atoms with Crippen LogP contribution in [-0.2, 0) is 6.54 Å². The van der Waals surface area contributed by atoms with E-state index in [1.165, 1.54) is 10.6 Å². The first-order valence-electron chi connectivity index (χ1n) is 9.75. The van der Waals surface area contributed by atoms with Gasteiger partial charge in [0.25, 0.3) is 0 Å². The van der Waals surface area contributed by atoms with E-state index >= 15 is 0 Å². The molecule has 3 heterocycles. The van der Waals surface area contributed by atoms with E-state index < -0.39 is 0 Å². The van der Waals surface area contributed by atoms with Crippen LogP contribution in [0.15, 0.2) is 41.8 Å². The minimum atomic E-state index is 0.288. The molecule has 1 saturated heterocycles. The third kappa shape index (κ3) is 4.21. The second-order valence-corrected chi connectivity index (χ2v) is 9.09. The van der Waals surface area contributed by atoms with E-state index in [9.17, 15) is 0 Å². The summed E-state index contributed by atoms with van der Waals surface area (Å²) in [5, 5.41) is 15.6. The van der Waals surface area contributed by atoms with E-state index in [0.29, 0.717) is 5.92 Å². The number of aromatic nitrogens is 4. The van der Waals surface area contributed by atoms with E-state index in [4.69, 9.17) is 11.6 Å². The molecule has 0 spiro atoms. The summed E-state index contributed by atoms with van der Waals surface area (Å²) in [6.45, 7) is 9.40. The highest BCUT2D eigenvalue weighted by Crippen LogP contribution is 2.21. The summed E-state index contributed by atoms with van der Waals surface area (Å²) in [5.74, 6) is 1.45. The van der Waals surface area contributed by atoms with E-state index in [-0.39, 0.29) is 6.04 Å². The van der Waals surface area contributed by atoms with Crippen molar-refractivity contribution in [3.8, 4) is 0 Å². The first-order valence-corrected chi connectivity index (χ1v) is 11.0. The molecule has 1 aliphatic rings. The Morgan fingerprint density at radius 3 is 2.68 bits per heavy atom. The number of hydrogen-bond donors (Lipinski definition) is 1. The first kappa shape index (κ1) is 19.4. The largest absolute Gasteiger partial charge is 0.360 e. The van der Waals surface area contributed by atoms with E-state index in [2.05, 4.69) is 57.9 Å². The topological polar surface area (TPSA) is 51.3 Å². The maximum Gasteiger partial charge on any atom is 0.209 e. The van der Waals surface area contributed by atoms with Crippen LogP contribution in [-0.4, -0.2) is 46.4 Å². The summed E-state index contributed by atoms with van der Waals surface area (Å²) in [7, 11) is 0. The van der Waals surface area contributed by atoms with Crippen LogP contribution in [0.1, 0.15) is 30.6 Å². The summed E-state index contributed by atoms with van der Waals surface area (Å²) < 4.78 is 1.98. The zero-order chi connectivity index (χ0) is 19.5. The third-order valence-corrected chi connectivity index (χ3v) is 6.51. The average Bonchev–Trinajstić information content (AvgIpc) is 3.35. The van der Waals surface area contributed by atoms with Crippen LogP contribution < -0.4 is 9.80 Å². The number of tetrazole rings is 1. The van der Waals surface area contributed by atoms with Crippen LogP contribution in [0.2, 0.25) is 5.02 Å². The van der Waals surface area contributed by atoms with Crippen LogP contribution >= 0.6 is 22.9 Å². The molecule has 28 heavy (non-hydrogen) atoms. The molecular weight excluding hydrogens is 392 g/mol. The number of rotatable bonds is 6. The van der Waals surface area contributed by atoms with Crippen molar-refractivity contribution in [2.45, 2.75) is 26.4 Å². The Hall–Kier alpha value is -1.96. The fourth-order valence-electron chi connectivity index (χ4n) is 4.09. The van der Waals surface area contributed by atoms with E-state index in [1.54, 1.807) is 16.2 Å². The smallest absolute Gasteiger partial charge is 0.209 e. The molecule has 1 aliphatic heterocycles. The number of hydrogen-bond acceptors (Lipinski definition) is 5. The third-order valence-electron chi connectivity index (χ3n) is 5.41. The van der Waals surface area contributed by atoms with Crippen LogP contribution in [0, 0.1) is 5.92 Å². The molecule has 1 aromatic carbocycles. The van der Waals surface area contributed by atoms with Gasteiger partial charge in [0.05, 0.1) is 32.7 Å². The van der Waals surface area contributed by atoms with Crippen molar-refractivity contribution in [2.75, 3.05) is 31.1 Å². The van der Waals surface area contributed by atoms with Crippen molar-refractivity contribution >= 4 is 28.6 Å². The summed E-state index contributed by atoms with van der Waals surface area (Å²) in [6.07, 6.45) is 0. The van der Waals surface area contributed by atoms with E-state index in [0.717, 1.165) is 43.6 Å². The predicted molar refractivity (Wildman–Crippen MR) is 113 cm³/mol. The van der Waals surface area contributed by atoms with Crippen LogP contribution in [0.5, 0.6) is 0 Å². The number of nitrogens with one attached hydrogen (secondary N) is 1. The lowest BCUT2D eigenvalue weighted by Crippen LogP contribution is -3.15. The molecule has 148 valence electrons. The van der Waals surface area contributed by atoms with Crippen LogP contribution in [0.3, 0.4) is 0 Å². The molecule has 8 heteroatoms. The molecule has 6 nitrogen and oxygen atoms in total. The molecule has 0 amide bonds. The lowest BCUT2D eigenvalue weighted by molar-refractivity contribution is -0.937. The predicted octanol–water partition coefficient (Wildman–Crippen LogP) is 2.54. The molecule has 2 aromatic heterocycles. The van der Waals surface area contributed by atoms with Crippen molar-refractivity contribution in [1.29, 1.82) is 0 Å². The highest BCUT2D eigenvalue weighted by Gasteiger charge is 2.35. The first-order chi connectivity index (χ1) is 13.6. The highest BCUT2D eigenvalue weighted by molar-refractivity contribution is 7.09. The Morgan fingerprint density at radius 2 is 2.00 bits per heavy atom. The fraction of sp³-hybridized carbons (Fsp3) is 0.450. The Morgan fingerprint density at radius 1 is 1.18 bits per heavy atom. The number of nitrogens with zero attached hydrogens (tertiary/aromatic N) is 5. The van der Waals surface area contributed by atoms with Gasteiger partial charge < -0.3 is 9.80 Å². The lowest BCUT2D eigenvalue weighted by atomic mass is 10.0.